The van der Waals surface area contributed by atoms with Gasteiger partial charge in [0, 0.05) is 24.9 Å². The molecule has 18 heavy (non-hydrogen) atoms. The molecular weight excluding hydrogens is 252 g/mol. The van der Waals surface area contributed by atoms with Gasteiger partial charge in [-0.25, -0.2) is 4.99 Å². The van der Waals surface area contributed by atoms with Crippen LogP contribution in [0.15, 0.2) is 16.8 Å². The van der Waals surface area contributed by atoms with E-state index in [1.807, 2.05) is 13.8 Å². The number of halogens is 1. The Morgan fingerprint density at radius 3 is 3.06 bits per heavy atom. The van der Waals surface area contributed by atoms with Crippen molar-refractivity contribution in [2.45, 2.75) is 32.4 Å². The van der Waals surface area contributed by atoms with E-state index in [0.717, 1.165) is 12.0 Å². The average Bonchev–Trinajstić information content (AvgIpc) is 2.36. The number of ether oxygens (including phenoxy) is 1. The molecule has 100 valence electrons. The molecule has 1 rings (SSSR count). The van der Waals surface area contributed by atoms with E-state index >= 15 is 0 Å². The molecule has 0 spiro atoms. The molecule has 0 bridgehead atoms. The molecule has 5 nitrogen and oxygen atoms in total. The van der Waals surface area contributed by atoms with Gasteiger partial charge in [0.05, 0.1) is 18.6 Å². The lowest BCUT2D eigenvalue weighted by molar-refractivity contribution is 0.0491. The molecule has 2 unspecified atom stereocenters. The first-order valence-corrected chi connectivity index (χ1v) is 6.31. The zero-order chi connectivity index (χ0) is 13.5. The molecule has 1 saturated heterocycles. The summed E-state index contributed by atoms with van der Waals surface area (Å²) in [6.45, 7) is 5.17. The molecule has 1 fully saturated rings. The number of amidine groups is 1. The van der Waals surface area contributed by atoms with Crippen LogP contribution in [0.2, 0.25) is 0 Å². The monoisotopic (exact) mass is 270 g/mol. The van der Waals surface area contributed by atoms with Crippen molar-refractivity contribution in [1.82, 2.24) is 5.32 Å². The molecule has 1 aliphatic heterocycles. The number of aliphatic imine (C=N–C) groups is 1. The number of nitrogens with two attached hydrogens (primary N) is 1. The summed E-state index contributed by atoms with van der Waals surface area (Å²) in [5, 5.41) is 12.5. The van der Waals surface area contributed by atoms with Gasteiger partial charge >= 0.3 is 0 Å². The lowest BCUT2D eigenvalue weighted by Gasteiger charge is -2.30. The fourth-order valence-electron chi connectivity index (χ4n) is 1.78. The Morgan fingerprint density at radius 2 is 2.44 bits per heavy atom. The summed E-state index contributed by atoms with van der Waals surface area (Å²) < 4.78 is 5.39. The van der Waals surface area contributed by atoms with Gasteiger partial charge in [-0.2, -0.15) is 5.26 Å². The second-order valence-corrected chi connectivity index (χ2v) is 4.81. The molecule has 6 heteroatoms. The zero-order valence-electron chi connectivity index (χ0n) is 10.7. The van der Waals surface area contributed by atoms with Crippen LogP contribution in [0.1, 0.15) is 20.3 Å². The van der Waals surface area contributed by atoms with Gasteiger partial charge in [0.2, 0.25) is 0 Å². The predicted molar refractivity (Wildman–Crippen MR) is 72.2 cm³/mol. The largest absolute Gasteiger partial charge is 0.380 e. The number of nitriles is 1. The van der Waals surface area contributed by atoms with Gasteiger partial charge in [-0.15, -0.1) is 0 Å². The number of hydrogen-bond donors (Lipinski definition) is 2. The normalized spacial score (nSPS) is 27.7. The minimum atomic E-state index is -0.00408. The highest BCUT2D eigenvalue weighted by Gasteiger charge is 2.26. The Balaban J connectivity index is 2.58. The van der Waals surface area contributed by atoms with Gasteiger partial charge in [-0.3, -0.25) is 0 Å². The molecule has 0 aromatic rings. The highest BCUT2D eigenvalue weighted by atomic mass is 35.5. The van der Waals surface area contributed by atoms with Crippen LogP contribution < -0.4 is 11.1 Å². The lowest BCUT2D eigenvalue weighted by atomic mass is 9.95. The maximum Gasteiger partial charge on any atom is 0.193 e. The summed E-state index contributed by atoms with van der Waals surface area (Å²) >= 11 is 5.46. The van der Waals surface area contributed by atoms with Gasteiger partial charge in [0.15, 0.2) is 5.29 Å². The van der Waals surface area contributed by atoms with E-state index in [2.05, 4.69) is 16.4 Å². The van der Waals surface area contributed by atoms with Gasteiger partial charge in [0.25, 0.3) is 0 Å². The Labute approximate surface area is 113 Å². The van der Waals surface area contributed by atoms with E-state index in [1.165, 1.54) is 0 Å². The highest BCUT2D eigenvalue weighted by molar-refractivity contribution is 6.64. The third-order valence-corrected chi connectivity index (χ3v) is 3.16. The minimum Gasteiger partial charge on any atom is -0.380 e. The number of nitrogens with one attached hydrogen (secondary N) is 1. The Bertz CT molecular complexity index is 371. The standard InChI is InChI=1S/C12H19ClN4O/c1-8(6-16-12(13)15)9(2)17-11-7-18-4-3-10(11)5-14/h6,9-11,17H,3-4,7H2,1-2H3,(H2,15,16)/b8-6-/t9?,10?,11-/m0/s1. The Morgan fingerprint density at radius 1 is 1.72 bits per heavy atom. The van der Waals surface area contributed by atoms with E-state index in [4.69, 9.17) is 27.3 Å². The van der Waals surface area contributed by atoms with Crippen LogP contribution in [0.5, 0.6) is 0 Å². The molecule has 0 aliphatic carbocycles. The molecule has 0 amide bonds. The number of rotatable bonds is 4. The Kier molecular flexibility index (Phi) is 6.13. The molecule has 3 N–H and O–H groups in total. The fraction of sp³-hybridized carbons (Fsp3) is 0.667. The topological polar surface area (TPSA) is 83.4 Å². The summed E-state index contributed by atoms with van der Waals surface area (Å²) in [5.41, 5.74) is 6.26. The maximum atomic E-state index is 9.07. The third-order valence-electron chi connectivity index (χ3n) is 3.06. The van der Waals surface area contributed by atoms with Crippen LogP contribution in [-0.2, 0) is 4.74 Å². The van der Waals surface area contributed by atoms with Crippen molar-refractivity contribution in [3.05, 3.63) is 11.8 Å². The fourth-order valence-corrected chi connectivity index (χ4v) is 1.83. The summed E-state index contributed by atoms with van der Waals surface area (Å²) in [4.78, 5) is 3.84. The first-order chi connectivity index (χ1) is 8.54. The number of nitrogens with zero attached hydrogens (tertiary/aromatic N) is 2. The van der Waals surface area contributed by atoms with E-state index < -0.39 is 0 Å². The zero-order valence-corrected chi connectivity index (χ0v) is 11.4. The smallest absolute Gasteiger partial charge is 0.193 e. The summed E-state index contributed by atoms with van der Waals surface area (Å²) in [6.07, 6.45) is 2.40. The van der Waals surface area contributed by atoms with Crippen molar-refractivity contribution in [3.8, 4) is 6.07 Å². The van der Waals surface area contributed by atoms with Gasteiger partial charge in [-0.05, 0) is 37.4 Å². The van der Waals surface area contributed by atoms with Crippen LogP contribution in [0.3, 0.4) is 0 Å². The van der Waals surface area contributed by atoms with Gasteiger partial charge in [-0.1, -0.05) is 0 Å². The first-order valence-electron chi connectivity index (χ1n) is 5.93. The molecule has 0 aromatic carbocycles. The van der Waals surface area contributed by atoms with Crippen LogP contribution in [0.4, 0.5) is 0 Å². The maximum absolute atomic E-state index is 9.07. The average molecular weight is 271 g/mol. The molecule has 1 aliphatic rings. The van der Waals surface area contributed by atoms with E-state index in [0.29, 0.717) is 13.2 Å². The quantitative estimate of drug-likeness (QED) is 0.459. The highest BCUT2D eigenvalue weighted by Crippen LogP contribution is 2.16. The van der Waals surface area contributed by atoms with Crippen molar-refractivity contribution < 1.29 is 4.74 Å². The lowest BCUT2D eigenvalue weighted by Crippen LogP contribution is -2.47. The van der Waals surface area contributed by atoms with Crippen molar-refractivity contribution in [2.75, 3.05) is 13.2 Å². The van der Waals surface area contributed by atoms with Crippen LogP contribution >= 0.6 is 11.6 Å². The number of hydrogen-bond acceptors (Lipinski definition) is 4. The second-order valence-electron chi connectivity index (χ2n) is 4.42. The van der Waals surface area contributed by atoms with E-state index in [-0.39, 0.29) is 23.3 Å². The molecule has 3 atom stereocenters. The molecule has 1 heterocycles. The van der Waals surface area contributed by atoms with Crippen molar-refractivity contribution in [3.63, 3.8) is 0 Å². The second kappa shape index (κ2) is 7.37. The molecule has 0 saturated carbocycles. The van der Waals surface area contributed by atoms with E-state index in [1.54, 1.807) is 6.20 Å². The van der Waals surface area contributed by atoms with Crippen LogP contribution in [0, 0.1) is 17.2 Å². The van der Waals surface area contributed by atoms with Gasteiger partial charge in [0.1, 0.15) is 0 Å². The molecule has 0 aromatic heterocycles. The van der Waals surface area contributed by atoms with Crippen LogP contribution in [-0.4, -0.2) is 30.6 Å². The third kappa shape index (κ3) is 4.65. The molecular formula is C12H19ClN4O. The summed E-state index contributed by atoms with van der Waals surface area (Å²) in [7, 11) is 0. The summed E-state index contributed by atoms with van der Waals surface area (Å²) in [6, 6.07) is 2.46. The van der Waals surface area contributed by atoms with Crippen molar-refractivity contribution in [2.24, 2.45) is 16.6 Å². The predicted octanol–water partition coefficient (Wildman–Crippen LogP) is 1.35. The van der Waals surface area contributed by atoms with Crippen LogP contribution in [0.25, 0.3) is 0 Å². The molecule has 0 radical (unpaired) electrons. The summed E-state index contributed by atoms with van der Waals surface area (Å²) in [5.74, 6) is -0.00408. The van der Waals surface area contributed by atoms with Gasteiger partial charge < -0.3 is 15.8 Å². The Hall–Kier alpha value is -1.09. The minimum absolute atomic E-state index is 0.00408. The SMILES string of the molecule is C/C(=C/N=C(N)Cl)C(C)N[C@H]1COCCC1C#N. The van der Waals surface area contributed by atoms with Crippen molar-refractivity contribution >= 4 is 16.9 Å². The first kappa shape index (κ1) is 15.0. The van der Waals surface area contributed by atoms with E-state index in [9.17, 15) is 0 Å². The van der Waals surface area contributed by atoms with Crippen molar-refractivity contribution in [1.29, 1.82) is 5.26 Å².